The van der Waals surface area contributed by atoms with Gasteiger partial charge in [0.2, 0.25) is 0 Å². The monoisotopic (exact) mass is 333 g/mol. The zero-order valence-electron chi connectivity index (χ0n) is 15.4. The minimum atomic E-state index is -2.49. The van der Waals surface area contributed by atoms with E-state index in [4.69, 9.17) is 20.6 Å². The summed E-state index contributed by atoms with van der Waals surface area (Å²) in [6, 6.07) is 9.03. The molecule has 1 amide bonds. The van der Waals surface area contributed by atoms with E-state index in [0.717, 1.165) is 5.06 Å². The molecule has 0 atom stereocenters. The Morgan fingerprint density at radius 3 is 2.78 bits per heavy atom. The van der Waals surface area contributed by atoms with E-state index in [9.17, 15) is 4.79 Å². The van der Waals surface area contributed by atoms with E-state index in [2.05, 4.69) is 10.1 Å². The van der Waals surface area contributed by atoms with Crippen molar-refractivity contribution in [3.63, 3.8) is 0 Å². The van der Waals surface area contributed by atoms with Gasteiger partial charge in [0.1, 0.15) is 5.02 Å². The maximum absolute atomic E-state index is 12.7. The van der Waals surface area contributed by atoms with Gasteiger partial charge in [0, 0.05) is 22.9 Å². The third kappa shape index (κ3) is 2.67. The molecule has 0 saturated carbocycles. The smallest absolute Gasteiger partial charge is 0.274 e. The number of halogens is 1. The van der Waals surface area contributed by atoms with Gasteiger partial charge in [-0.15, -0.1) is 0 Å². The second-order valence-electron chi connectivity index (χ2n) is 4.79. The molecule has 0 aliphatic carbocycles. The number of benzene rings is 1. The lowest BCUT2D eigenvalue weighted by Gasteiger charge is -2.16. The molecule has 0 spiro atoms. The summed E-state index contributed by atoms with van der Waals surface area (Å²) in [5.41, 5.74) is 1.12. The second kappa shape index (κ2) is 5.98. The molecule has 6 nitrogen and oxygen atoms in total. The second-order valence-corrected chi connectivity index (χ2v) is 5.16. The van der Waals surface area contributed by atoms with E-state index in [1.54, 1.807) is 24.3 Å². The summed E-state index contributed by atoms with van der Waals surface area (Å²) in [5.74, 6) is -0.456. The Morgan fingerprint density at radius 2 is 2.13 bits per heavy atom. The quantitative estimate of drug-likeness (QED) is 0.691. The largest absolute Gasteiger partial charge is 0.280 e. The Balaban J connectivity index is 2.31. The fourth-order valence-electron chi connectivity index (χ4n) is 2.17. The maximum atomic E-state index is 12.7. The van der Waals surface area contributed by atoms with Crippen molar-refractivity contribution in [2.45, 2.75) is 6.85 Å². The minimum Gasteiger partial charge on any atom is -0.274 e. The fourth-order valence-corrected chi connectivity index (χ4v) is 2.34. The average molecular weight is 334 g/mol. The summed E-state index contributed by atoms with van der Waals surface area (Å²) in [5, 5.41) is 4.97. The van der Waals surface area contributed by atoms with Crippen LogP contribution in [0, 0.1) is 6.85 Å². The van der Waals surface area contributed by atoms with Gasteiger partial charge in [0.05, 0.1) is 24.1 Å². The number of hydrogen-bond acceptors (Lipinski definition) is 4. The van der Waals surface area contributed by atoms with Crippen LogP contribution in [0.25, 0.3) is 16.9 Å². The van der Waals surface area contributed by atoms with Crippen molar-refractivity contribution in [2.75, 3.05) is 14.2 Å². The molecule has 3 rings (SSSR count). The average Bonchev–Trinajstić information content (AvgIpc) is 2.96. The van der Waals surface area contributed by atoms with Crippen molar-refractivity contribution in [1.82, 2.24) is 19.7 Å². The normalized spacial score (nSPS) is 13.4. The number of hydrogen-bond donors (Lipinski definition) is 0. The number of aryl methyl sites for hydroxylation is 1. The predicted octanol–water partition coefficient (Wildman–Crippen LogP) is 2.99. The number of amides is 1. The van der Waals surface area contributed by atoms with Gasteiger partial charge in [-0.1, -0.05) is 41.9 Å². The van der Waals surface area contributed by atoms with Crippen LogP contribution in [0.2, 0.25) is 5.02 Å². The first-order valence-corrected chi connectivity index (χ1v) is 7.08. The zero-order chi connectivity index (χ0) is 19.1. The van der Waals surface area contributed by atoms with Gasteiger partial charge in [-0.25, -0.2) is 14.6 Å². The van der Waals surface area contributed by atoms with Crippen LogP contribution in [0.1, 0.15) is 20.2 Å². The van der Waals surface area contributed by atoms with Gasteiger partial charge in [-0.3, -0.25) is 9.63 Å². The summed E-state index contributed by atoms with van der Waals surface area (Å²) in [6.45, 7) is -2.49. The lowest BCUT2D eigenvalue weighted by molar-refractivity contribution is -0.0757. The molecule has 118 valence electrons. The van der Waals surface area contributed by atoms with Crippen molar-refractivity contribution in [1.29, 1.82) is 0 Å². The molecule has 2 heterocycles. The molecule has 0 bridgehead atoms. The third-order valence-electron chi connectivity index (χ3n) is 3.39. The SMILES string of the molecule is [2H]C([2H])([2H])c1nn2cc(C(=O)N(C)OC)c(-c3ccccc3)nc2c1Cl. The highest BCUT2D eigenvalue weighted by Crippen LogP contribution is 2.27. The van der Waals surface area contributed by atoms with Crippen molar-refractivity contribution >= 4 is 23.2 Å². The van der Waals surface area contributed by atoms with Gasteiger partial charge in [0.25, 0.3) is 5.91 Å². The van der Waals surface area contributed by atoms with Gasteiger partial charge in [0.15, 0.2) is 5.65 Å². The first-order chi connectivity index (χ1) is 12.2. The molecule has 0 aliphatic heterocycles. The van der Waals surface area contributed by atoms with E-state index in [1.165, 1.54) is 24.9 Å². The van der Waals surface area contributed by atoms with E-state index >= 15 is 0 Å². The molecule has 0 N–H and O–H groups in total. The Labute approximate surface area is 142 Å². The number of carbonyl (C=O) groups excluding carboxylic acids is 1. The van der Waals surface area contributed by atoms with Crippen molar-refractivity contribution in [2.24, 2.45) is 0 Å². The van der Waals surface area contributed by atoms with Crippen molar-refractivity contribution in [3.8, 4) is 11.3 Å². The van der Waals surface area contributed by atoms with Crippen LogP contribution >= 0.6 is 11.6 Å². The lowest BCUT2D eigenvalue weighted by Crippen LogP contribution is -2.26. The summed E-state index contributed by atoms with van der Waals surface area (Å²) in [6.07, 6.45) is 1.41. The first-order valence-electron chi connectivity index (χ1n) is 8.21. The number of rotatable bonds is 3. The van der Waals surface area contributed by atoms with Gasteiger partial charge in [-0.2, -0.15) is 5.10 Å². The van der Waals surface area contributed by atoms with Crippen molar-refractivity contribution < 1.29 is 13.7 Å². The number of fused-ring (bicyclic) bond motifs is 1. The molecule has 0 unspecified atom stereocenters. The highest BCUT2D eigenvalue weighted by molar-refractivity contribution is 6.34. The number of nitrogens with zero attached hydrogens (tertiary/aromatic N) is 4. The van der Waals surface area contributed by atoms with Gasteiger partial charge < -0.3 is 0 Å². The van der Waals surface area contributed by atoms with Crippen LogP contribution in [-0.2, 0) is 4.84 Å². The predicted molar refractivity (Wildman–Crippen MR) is 87.3 cm³/mol. The summed E-state index contributed by atoms with van der Waals surface area (Å²) in [7, 11) is 2.83. The number of hydroxylamine groups is 2. The molecule has 23 heavy (non-hydrogen) atoms. The highest BCUT2D eigenvalue weighted by atomic mass is 35.5. The van der Waals surface area contributed by atoms with Gasteiger partial charge in [-0.05, 0) is 6.85 Å². The van der Waals surface area contributed by atoms with Crippen molar-refractivity contribution in [3.05, 3.63) is 52.8 Å². The lowest BCUT2D eigenvalue weighted by atomic mass is 10.1. The Morgan fingerprint density at radius 1 is 1.39 bits per heavy atom. The summed E-state index contributed by atoms with van der Waals surface area (Å²) >= 11 is 6.20. The molecule has 1 aromatic carbocycles. The Kier molecular flexibility index (Phi) is 3.13. The molecule has 0 saturated heterocycles. The number of aromatic nitrogens is 3. The van der Waals surface area contributed by atoms with E-state index in [-0.39, 0.29) is 21.9 Å². The van der Waals surface area contributed by atoms with E-state index in [1.807, 2.05) is 6.07 Å². The van der Waals surface area contributed by atoms with Crippen LogP contribution < -0.4 is 0 Å². The molecule has 0 fully saturated rings. The number of carbonyl (C=O) groups is 1. The van der Waals surface area contributed by atoms with E-state index in [0.29, 0.717) is 11.3 Å². The zero-order valence-corrected chi connectivity index (χ0v) is 13.2. The summed E-state index contributed by atoms with van der Waals surface area (Å²) in [4.78, 5) is 22.1. The molecular weight excluding hydrogens is 316 g/mol. The third-order valence-corrected chi connectivity index (χ3v) is 3.74. The molecular formula is C16H15ClN4O2. The molecule has 0 aliphatic rings. The highest BCUT2D eigenvalue weighted by Gasteiger charge is 2.21. The minimum absolute atomic E-state index is 0.0683. The van der Waals surface area contributed by atoms with Crippen LogP contribution in [0.4, 0.5) is 0 Å². The maximum Gasteiger partial charge on any atom is 0.280 e. The first kappa shape index (κ1) is 12.0. The molecule has 2 aromatic heterocycles. The standard InChI is InChI=1S/C16H15ClN4O2/c1-10-13(17)15-18-14(11-7-5-4-6-8-11)12(9-21(15)19-10)16(22)20(2)23-3/h4-9H,1-3H3/i1D3. The van der Waals surface area contributed by atoms with E-state index < -0.39 is 12.8 Å². The van der Waals surface area contributed by atoms with Crippen LogP contribution in [-0.4, -0.2) is 39.7 Å². The summed E-state index contributed by atoms with van der Waals surface area (Å²) < 4.78 is 23.9. The molecule has 0 radical (unpaired) electrons. The molecule has 3 aromatic rings. The van der Waals surface area contributed by atoms with Crippen LogP contribution in [0.5, 0.6) is 0 Å². The fraction of sp³-hybridized carbons (Fsp3) is 0.188. The Hall–Kier alpha value is -2.44. The molecule has 7 heteroatoms. The van der Waals surface area contributed by atoms with Crippen LogP contribution in [0.15, 0.2) is 36.5 Å². The van der Waals surface area contributed by atoms with Gasteiger partial charge >= 0.3 is 0 Å². The van der Waals surface area contributed by atoms with Crippen LogP contribution in [0.3, 0.4) is 0 Å². The topological polar surface area (TPSA) is 59.7 Å². The Bertz CT molecular complexity index is 973.